The van der Waals surface area contributed by atoms with E-state index >= 15 is 0 Å². The summed E-state index contributed by atoms with van der Waals surface area (Å²) in [5.41, 5.74) is 0. The van der Waals surface area contributed by atoms with Gasteiger partial charge in [-0.2, -0.15) is 0 Å². The van der Waals surface area contributed by atoms with Crippen LogP contribution in [0.2, 0.25) is 0 Å². The van der Waals surface area contributed by atoms with Crippen LogP contribution in [-0.4, -0.2) is 25.3 Å². The van der Waals surface area contributed by atoms with Crippen molar-refractivity contribution in [3.05, 3.63) is 25.3 Å². The largest absolute Gasteiger partial charge is 0.460 e. The van der Waals surface area contributed by atoms with Crippen molar-refractivity contribution in [2.24, 2.45) is 5.92 Å². The standard InChI is InChI=1S/C11H18O3/c1-5-9(3)7-13-10(4)8-14-11(12)6-2/h5-6,9-10H,1-2,7-8H2,3-4H3. The van der Waals surface area contributed by atoms with E-state index in [2.05, 4.69) is 13.2 Å². The molecule has 0 heterocycles. The summed E-state index contributed by atoms with van der Waals surface area (Å²) < 4.78 is 10.2. The van der Waals surface area contributed by atoms with Gasteiger partial charge in [-0.3, -0.25) is 0 Å². The Balaban J connectivity index is 3.54. The van der Waals surface area contributed by atoms with Crippen molar-refractivity contribution in [2.45, 2.75) is 20.0 Å². The van der Waals surface area contributed by atoms with Crippen molar-refractivity contribution in [3.63, 3.8) is 0 Å². The number of hydrogen-bond donors (Lipinski definition) is 0. The maximum atomic E-state index is 10.7. The maximum absolute atomic E-state index is 10.7. The minimum atomic E-state index is -0.419. The molecule has 0 bridgehead atoms. The van der Waals surface area contributed by atoms with Crippen LogP contribution in [0.3, 0.4) is 0 Å². The predicted octanol–water partition coefficient (Wildman–Crippen LogP) is 1.94. The number of rotatable bonds is 7. The van der Waals surface area contributed by atoms with Crippen molar-refractivity contribution < 1.29 is 14.3 Å². The van der Waals surface area contributed by atoms with Crippen molar-refractivity contribution in [1.82, 2.24) is 0 Å². The van der Waals surface area contributed by atoms with Gasteiger partial charge in [0.2, 0.25) is 0 Å². The zero-order chi connectivity index (χ0) is 11.0. The molecule has 0 saturated heterocycles. The number of ether oxygens (including phenoxy) is 2. The second kappa shape index (κ2) is 7.33. The highest BCUT2D eigenvalue weighted by Crippen LogP contribution is 2.00. The summed E-state index contributed by atoms with van der Waals surface area (Å²) in [6.45, 7) is 11.7. The highest BCUT2D eigenvalue weighted by atomic mass is 16.6. The Bertz CT molecular complexity index is 199. The van der Waals surface area contributed by atoms with Crippen LogP contribution < -0.4 is 0 Å². The van der Waals surface area contributed by atoms with E-state index in [4.69, 9.17) is 9.47 Å². The molecule has 80 valence electrons. The lowest BCUT2D eigenvalue weighted by molar-refractivity contribution is -0.141. The summed E-state index contributed by atoms with van der Waals surface area (Å²) in [7, 11) is 0. The van der Waals surface area contributed by atoms with Crippen LogP contribution in [0.4, 0.5) is 0 Å². The Morgan fingerprint density at radius 3 is 2.50 bits per heavy atom. The molecule has 0 fully saturated rings. The molecule has 0 radical (unpaired) electrons. The molecule has 0 spiro atoms. The van der Waals surface area contributed by atoms with Crippen LogP contribution in [0, 0.1) is 5.92 Å². The second-order valence-electron chi connectivity index (χ2n) is 3.19. The van der Waals surface area contributed by atoms with Crippen LogP contribution >= 0.6 is 0 Å². The highest BCUT2D eigenvalue weighted by molar-refractivity contribution is 5.81. The molecule has 2 atom stereocenters. The fourth-order valence-corrected chi connectivity index (χ4v) is 0.691. The minimum absolute atomic E-state index is 0.0960. The number of carbonyl (C=O) groups is 1. The zero-order valence-electron chi connectivity index (χ0n) is 8.86. The lowest BCUT2D eigenvalue weighted by Gasteiger charge is -2.14. The van der Waals surface area contributed by atoms with Crippen LogP contribution in [0.15, 0.2) is 25.3 Å². The summed E-state index contributed by atoms with van der Waals surface area (Å²) in [5, 5.41) is 0. The summed E-state index contributed by atoms with van der Waals surface area (Å²) >= 11 is 0. The third-order valence-corrected chi connectivity index (χ3v) is 1.67. The van der Waals surface area contributed by atoms with Crippen molar-refractivity contribution >= 4 is 5.97 Å². The van der Waals surface area contributed by atoms with Crippen LogP contribution in [0.25, 0.3) is 0 Å². The SMILES string of the molecule is C=CC(=O)OCC(C)OCC(C)C=C. The molecule has 0 aromatic rings. The molecule has 0 amide bonds. The van der Waals surface area contributed by atoms with Gasteiger partial charge in [-0.15, -0.1) is 6.58 Å². The molecule has 0 aliphatic heterocycles. The molecular formula is C11H18O3. The van der Waals surface area contributed by atoms with Gasteiger partial charge in [-0.05, 0) is 12.8 Å². The average molecular weight is 198 g/mol. The molecule has 0 aliphatic rings. The first-order valence-corrected chi connectivity index (χ1v) is 4.63. The summed E-state index contributed by atoms with van der Waals surface area (Å²) in [5.74, 6) is -0.107. The van der Waals surface area contributed by atoms with Gasteiger partial charge in [-0.25, -0.2) is 4.79 Å². The molecule has 0 aromatic heterocycles. The van der Waals surface area contributed by atoms with Gasteiger partial charge in [0.25, 0.3) is 0 Å². The van der Waals surface area contributed by atoms with E-state index < -0.39 is 5.97 Å². The van der Waals surface area contributed by atoms with Gasteiger partial charge >= 0.3 is 5.97 Å². The first kappa shape index (κ1) is 12.9. The van der Waals surface area contributed by atoms with Crippen LogP contribution in [-0.2, 0) is 14.3 Å². The second-order valence-corrected chi connectivity index (χ2v) is 3.19. The molecule has 0 aromatic carbocycles. The van der Waals surface area contributed by atoms with Gasteiger partial charge in [0.15, 0.2) is 0 Å². The fraction of sp³-hybridized carbons (Fsp3) is 0.545. The first-order valence-electron chi connectivity index (χ1n) is 4.63. The third-order valence-electron chi connectivity index (χ3n) is 1.67. The van der Waals surface area contributed by atoms with Crippen molar-refractivity contribution in [1.29, 1.82) is 0 Å². The Morgan fingerprint density at radius 1 is 1.36 bits per heavy atom. The lowest BCUT2D eigenvalue weighted by atomic mass is 10.2. The van der Waals surface area contributed by atoms with E-state index in [0.717, 1.165) is 6.08 Å². The topological polar surface area (TPSA) is 35.5 Å². The predicted molar refractivity (Wildman–Crippen MR) is 55.9 cm³/mol. The summed E-state index contributed by atoms with van der Waals surface area (Å²) in [6.07, 6.45) is 2.86. The van der Waals surface area contributed by atoms with E-state index in [-0.39, 0.29) is 12.7 Å². The molecular weight excluding hydrogens is 180 g/mol. The minimum Gasteiger partial charge on any atom is -0.460 e. The van der Waals surface area contributed by atoms with Gasteiger partial charge in [-0.1, -0.05) is 19.6 Å². The average Bonchev–Trinajstić information content (AvgIpc) is 2.22. The Hall–Kier alpha value is -1.09. The van der Waals surface area contributed by atoms with Gasteiger partial charge in [0.05, 0.1) is 12.7 Å². The molecule has 0 aliphatic carbocycles. The Kier molecular flexibility index (Phi) is 6.76. The smallest absolute Gasteiger partial charge is 0.330 e. The zero-order valence-corrected chi connectivity index (χ0v) is 8.86. The molecule has 0 saturated carbocycles. The summed E-state index contributed by atoms with van der Waals surface area (Å²) in [6, 6.07) is 0. The van der Waals surface area contributed by atoms with E-state index in [1.165, 1.54) is 0 Å². The maximum Gasteiger partial charge on any atom is 0.330 e. The van der Waals surface area contributed by atoms with E-state index in [1.807, 2.05) is 19.9 Å². The number of carbonyl (C=O) groups excluding carboxylic acids is 1. The normalized spacial score (nSPS) is 14.1. The monoisotopic (exact) mass is 198 g/mol. The Labute approximate surface area is 85.4 Å². The van der Waals surface area contributed by atoms with Crippen LogP contribution in [0.5, 0.6) is 0 Å². The van der Waals surface area contributed by atoms with Crippen molar-refractivity contribution in [3.8, 4) is 0 Å². The molecule has 3 nitrogen and oxygen atoms in total. The van der Waals surface area contributed by atoms with E-state index in [9.17, 15) is 4.79 Å². The molecule has 3 heteroatoms. The molecule has 0 rings (SSSR count). The molecule has 2 unspecified atom stereocenters. The summed E-state index contributed by atoms with van der Waals surface area (Å²) in [4.78, 5) is 10.7. The van der Waals surface area contributed by atoms with Gasteiger partial charge in [0, 0.05) is 6.08 Å². The molecule has 0 N–H and O–H groups in total. The number of hydrogen-bond acceptors (Lipinski definition) is 3. The fourth-order valence-electron chi connectivity index (χ4n) is 0.691. The van der Waals surface area contributed by atoms with Crippen molar-refractivity contribution in [2.75, 3.05) is 13.2 Å². The first-order chi connectivity index (χ1) is 6.60. The molecule has 14 heavy (non-hydrogen) atoms. The quantitative estimate of drug-likeness (QED) is 0.356. The lowest BCUT2D eigenvalue weighted by Crippen LogP contribution is -2.20. The van der Waals surface area contributed by atoms with E-state index in [1.54, 1.807) is 0 Å². The van der Waals surface area contributed by atoms with E-state index in [0.29, 0.717) is 12.5 Å². The Morgan fingerprint density at radius 2 is 2.00 bits per heavy atom. The van der Waals surface area contributed by atoms with Gasteiger partial charge < -0.3 is 9.47 Å². The van der Waals surface area contributed by atoms with Gasteiger partial charge in [0.1, 0.15) is 6.61 Å². The third kappa shape index (κ3) is 6.43. The number of esters is 1. The highest BCUT2D eigenvalue weighted by Gasteiger charge is 2.06. The van der Waals surface area contributed by atoms with Crippen LogP contribution in [0.1, 0.15) is 13.8 Å².